The fourth-order valence-electron chi connectivity index (χ4n) is 4.76. The molecule has 1 aliphatic heterocycles. The van der Waals surface area contributed by atoms with Crippen molar-refractivity contribution in [2.75, 3.05) is 51.3 Å². The second kappa shape index (κ2) is 18.3. The second-order valence-corrected chi connectivity index (χ2v) is 10.6. The van der Waals surface area contributed by atoms with E-state index in [0.717, 1.165) is 76.7 Å². The molecule has 8 nitrogen and oxygen atoms in total. The van der Waals surface area contributed by atoms with Crippen molar-refractivity contribution in [2.24, 2.45) is 0 Å². The van der Waals surface area contributed by atoms with Crippen LogP contribution in [0.5, 0.6) is 11.5 Å². The lowest BCUT2D eigenvalue weighted by Crippen LogP contribution is -2.47. The molecule has 222 valence electrons. The maximum absolute atomic E-state index is 12.4. The van der Waals surface area contributed by atoms with Crippen molar-refractivity contribution >= 4 is 11.7 Å². The molecular formula is C31H47FN4O4. The number of ether oxygens (including phenoxy) is 1. The van der Waals surface area contributed by atoms with Crippen molar-refractivity contribution in [3.63, 3.8) is 0 Å². The molecule has 0 spiro atoms. The Hall–Kier alpha value is -3.04. The van der Waals surface area contributed by atoms with Gasteiger partial charge in [-0.05, 0) is 80.6 Å². The smallest absolute Gasteiger partial charge is 0.317 e. The zero-order chi connectivity index (χ0) is 28.4. The van der Waals surface area contributed by atoms with E-state index in [1.807, 2.05) is 4.90 Å². The molecule has 0 aromatic heterocycles. The molecule has 0 saturated carbocycles. The lowest BCUT2D eigenvalue weighted by atomic mass is 10.0. The number of carbonyl (C=O) groups is 1. The number of aromatic hydroxyl groups is 1. The highest BCUT2D eigenvalue weighted by atomic mass is 19.1. The van der Waals surface area contributed by atoms with Crippen molar-refractivity contribution in [2.45, 2.75) is 69.9 Å². The highest BCUT2D eigenvalue weighted by Gasteiger charge is 2.22. The summed E-state index contributed by atoms with van der Waals surface area (Å²) in [6.45, 7) is 3.37. The second-order valence-electron chi connectivity index (χ2n) is 10.6. The SMILES string of the molecule is O=C(NCCCCCCCCF)N1CCC(Nc2ccc(CCNCC(O)COc3ccc(O)cc3)cc2)CC1. The third-order valence-electron chi connectivity index (χ3n) is 7.19. The van der Waals surface area contributed by atoms with Gasteiger partial charge in [-0.3, -0.25) is 4.39 Å². The maximum Gasteiger partial charge on any atom is 0.317 e. The minimum Gasteiger partial charge on any atom is -0.508 e. The van der Waals surface area contributed by atoms with Gasteiger partial charge in [0.15, 0.2) is 0 Å². The number of hydrogen-bond donors (Lipinski definition) is 5. The molecule has 3 rings (SSSR count). The molecule has 2 amide bonds. The maximum atomic E-state index is 12.4. The van der Waals surface area contributed by atoms with Gasteiger partial charge in [-0.1, -0.05) is 37.8 Å². The van der Waals surface area contributed by atoms with Gasteiger partial charge in [0.2, 0.25) is 0 Å². The minimum atomic E-state index is -0.618. The molecule has 1 atom stereocenters. The molecule has 0 aliphatic carbocycles. The number of piperidine rings is 1. The number of nitrogens with one attached hydrogen (secondary N) is 3. The number of phenols is 1. The van der Waals surface area contributed by atoms with E-state index >= 15 is 0 Å². The first-order valence-corrected chi connectivity index (χ1v) is 14.8. The number of benzene rings is 2. The summed E-state index contributed by atoms with van der Waals surface area (Å²) in [4.78, 5) is 14.4. The number of aliphatic hydroxyl groups is 1. The van der Waals surface area contributed by atoms with Crippen LogP contribution < -0.4 is 20.7 Å². The number of carbonyl (C=O) groups excluding carboxylic acids is 1. The number of likely N-dealkylation sites (tertiary alicyclic amines) is 1. The fourth-order valence-corrected chi connectivity index (χ4v) is 4.76. The largest absolute Gasteiger partial charge is 0.508 e. The Morgan fingerprint density at radius 1 is 0.950 bits per heavy atom. The van der Waals surface area contributed by atoms with Gasteiger partial charge in [-0.15, -0.1) is 0 Å². The van der Waals surface area contributed by atoms with Crippen LogP contribution in [-0.4, -0.2) is 79.3 Å². The third kappa shape index (κ3) is 12.4. The monoisotopic (exact) mass is 558 g/mol. The van der Waals surface area contributed by atoms with E-state index in [9.17, 15) is 19.4 Å². The number of phenolic OH excluding ortho intramolecular Hbond substituents is 1. The average molecular weight is 559 g/mol. The van der Waals surface area contributed by atoms with Crippen LogP contribution in [0.4, 0.5) is 14.9 Å². The number of aliphatic hydroxyl groups excluding tert-OH is 1. The summed E-state index contributed by atoms with van der Waals surface area (Å²) in [7, 11) is 0. The lowest BCUT2D eigenvalue weighted by Gasteiger charge is -2.33. The standard InChI is InChI=1S/C31H47FN4O4/c32-18-5-3-1-2-4-6-19-34-31(39)36-21-16-27(17-22-36)35-26-9-7-25(8-10-26)15-20-33-23-29(38)24-40-30-13-11-28(37)12-14-30/h7-14,27,29,33,35,37-38H,1-6,15-24H2,(H,34,39). The zero-order valence-electron chi connectivity index (χ0n) is 23.6. The molecule has 1 unspecified atom stereocenters. The summed E-state index contributed by atoms with van der Waals surface area (Å²) in [5.41, 5.74) is 2.31. The number of nitrogens with zero attached hydrogens (tertiary/aromatic N) is 1. The topological polar surface area (TPSA) is 106 Å². The quantitative estimate of drug-likeness (QED) is 0.167. The van der Waals surface area contributed by atoms with Gasteiger partial charge in [-0.25, -0.2) is 4.79 Å². The normalized spacial score (nSPS) is 14.6. The van der Waals surface area contributed by atoms with Crippen molar-refractivity contribution < 1.29 is 24.1 Å². The molecule has 0 radical (unpaired) electrons. The average Bonchev–Trinajstić information content (AvgIpc) is 2.97. The van der Waals surface area contributed by atoms with E-state index in [2.05, 4.69) is 40.2 Å². The summed E-state index contributed by atoms with van der Waals surface area (Å²) in [5.74, 6) is 0.796. The number of anilines is 1. The zero-order valence-corrected chi connectivity index (χ0v) is 23.6. The van der Waals surface area contributed by atoms with Crippen LogP contribution in [0.25, 0.3) is 0 Å². The highest BCUT2D eigenvalue weighted by Crippen LogP contribution is 2.18. The summed E-state index contributed by atoms with van der Waals surface area (Å²) < 4.78 is 17.6. The number of rotatable bonds is 18. The van der Waals surface area contributed by atoms with Gasteiger partial charge in [0.25, 0.3) is 0 Å². The van der Waals surface area contributed by atoms with E-state index in [1.54, 1.807) is 24.3 Å². The molecule has 1 heterocycles. The van der Waals surface area contributed by atoms with Crippen molar-refractivity contribution in [3.05, 3.63) is 54.1 Å². The summed E-state index contributed by atoms with van der Waals surface area (Å²) in [6.07, 6.45) is 7.95. The summed E-state index contributed by atoms with van der Waals surface area (Å²) in [5, 5.41) is 29.3. The number of amides is 2. The van der Waals surface area contributed by atoms with Crippen molar-refractivity contribution in [1.29, 1.82) is 0 Å². The molecule has 1 aliphatic rings. The first kappa shape index (κ1) is 31.5. The van der Waals surface area contributed by atoms with Gasteiger partial charge in [0.05, 0.1) is 6.67 Å². The molecular weight excluding hydrogens is 511 g/mol. The Bertz CT molecular complexity index is 953. The Labute approximate surface area is 238 Å². The van der Waals surface area contributed by atoms with E-state index in [4.69, 9.17) is 4.74 Å². The Morgan fingerprint density at radius 2 is 1.62 bits per heavy atom. The Morgan fingerprint density at radius 3 is 2.33 bits per heavy atom. The van der Waals surface area contributed by atoms with Gasteiger partial charge >= 0.3 is 6.03 Å². The number of alkyl halides is 1. The molecule has 2 aromatic rings. The molecule has 1 saturated heterocycles. The Balaban J connectivity index is 1.22. The highest BCUT2D eigenvalue weighted by molar-refractivity contribution is 5.74. The summed E-state index contributed by atoms with van der Waals surface area (Å²) >= 11 is 0. The van der Waals surface area contributed by atoms with Crippen LogP contribution >= 0.6 is 0 Å². The van der Waals surface area contributed by atoms with Gasteiger partial charge < -0.3 is 35.8 Å². The first-order chi connectivity index (χ1) is 19.5. The van der Waals surface area contributed by atoms with E-state index in [1.165, 1.54) is 5.56 Å². The Kier molecular flexibility index (Phi) is 14.4. The predicted molar refractivity (Wildman–Crippen MR) is 158 cm³/mol. The molecule has 0 bridgehead atoms. The van der Waals surface area contributed by atoms with Crippen LogP contribution in [0.2, 0.25) is 0 Å². The molecule has 2 aromatic carbocycles. The van der Waals surface area contributed by atoms with Gasteiger partial charge in [0, 0.05) is 37.9 Å². The predicted octanol–water partition coefficient (Wildman–Crippen LogP) is 4.86. The number of halogens is 1. The molecule has 40 heavy (non-hydrogen) atoms. The van der Waals surface area contributed by atoms with Gasteiger partial charge in [-0.2, -0.15) is 0 Å². The number of unbranched alkanes of at least 4 members (excludes halogenated alkanes) is 5. The van der Waals surface area contributed by atoms with Crippen molar-refractivity contribution in [1.82, 2.24) is 15.5 Å². The van der Waals surface area contributed by atoms with Crippen LogP contribution in [0, 0.1) is 0 Å². The lowest BCUT2D eigenvalue weighted by molar-refractivity contribution is 0.106. The van der Waals surface area contributed by atoms with E-state index in [-0.39, 0.29) is 25.1 Å². The van der Waals surface area contributed by atoms with Crippen LogP contribution in [-0.2, 0) is 6.42 Å². The third-order valence-corrected chi connectivity index (χ3v) is 7.19. The van der Waals surface area contributed by atoms with Crippen LogP contribution in [0.1, 0.15) is 56.9 Å². The first-order valence-electron chi connectivity index (χ1n) is 14.8. The fraction of sp³-hybridized carbons (Fsp3) is 0.581. The number of urea groups is 1. The number of hydrogen-bond acceptors (Lipinski definition) is 6. The van der Waals surface area contributed by atoms with Crippen LogP contribution in [0.3, 0.4) is 0 Å². The summed E-state index contributed by atoms with van der Waals surface area (Å²) in [6, 6.07) is 15.3. The van der Waals surface area contributed by atoms with Crippen molar-refractivity contribution in [3.8, 4) is 11.5 Å². The molecule has 9 heteroatoms. The minimum absolute atomic E-state index is 0.0335. The van der Waals surface area contributed by atoms with E-state index < -0.39 is 6.10 Å². The molecule has 5 N–H and O–H groups in total. The van der Waals surface area contributed by atoms with Crippen LogP contribution in [0.15, 0.2) is 48.5 Å². The van der Waals surface area contributed by atoms with E-state index in [0.29, 0.717) is 31.3 Å². The molecule has 1 fully saturated rings. The van der Waals surface area contributed by atoms with Gasteiger partial charge in [0.1, 0.15) is 24.2 Å².